The maximum atomic E-state index is 14.2. The molecule has 1 saturated heterocycles. The Hall–Kier alpha value is -2.84. The highest BCUT2D eigenvalue weighted by atomic mass is 19.1. The quantitative estimate of drug-likeness (QED) is 0.843. The van der Waals surface area contributed by atoms with Crippen LogP contribution >= 0.6 is 0 Å². The van der Waals surface area contributed by atoms with E-state index in [1.54, 1.807) is 4.90 Å². The van der Waals surface area contributed by atoms with Gasteiger partial charge in [-0.3, -0.25) is 4.79 Å². The molecule has 2 atom stereocenters. The van der Waals surface area contributed by atoms with Crippen LogP contribution in [-0.4, -0.2) is 52.7 Å². The molecule has 0 aliphatic carbocycles. The first-order chi connectivity index (χ1) is 13.0. The first-order valence-corrected chi connectivity index (χ1v) is 9.13. The number of benzene rings is 1. The standard InChI is InChI=1S/C19H25FN4O4/c1-10-8-23(18(26)28-19(3,4)5)9-11(2)24(10)17-22-14-12(16(21)25)6-7-13(20)15(14)27-17/h6-7,10-11H,8-9H2,1-5H3,(H2,21,25)/t10-,11-/m0/s1. The average molecular weight is 392 g/mol. The van der Waals surface area contributed by atoms with E-state index < -0.39 is 17.3 Å². The van der Waals surface area contributed by atoms with Gasteiger partial charge in [0, 0.05) is 25.2 Å². The molecule has 1 fully saturated rings. The van der Waals surface area contributed by atoms with Crippen LogP contribution in [0.2, 0.25) is 0 Å². The maximum Gasteiger partial charge on any atom is 0.410 e. The molecule has 1 aromatic carbocycles. The molecule has 0 unspecified atom stereocenters. The molecule has 0 saturated carbocycles. The van der Waals surface area contributed by atoms with Crippen molar-refractivity contribution in [2.24, 2.45) is 5.73 Å². The van der Waals surface area contributed by atoms with Crippen LogP contribution < -0.4 is 10.6 Å². The number of carbonyl (C=O) groups is 2. The lowest BCUT2D eigenvalue weighted by molar-refractivity contribution is 0.0189. The molecular weight excluding hydrogens is 367 g/mol. The molecule has 0 spiro atoms. The molecule has 0 radical (unpaired) electrons. The molecule has 1 aliphatic heterocycles. The monoisotopic (exact) mass is 392 g/mol. The van der Waals surface area contributed by atoms with E-state index >= 15 is 0 Å². The van der Waals surface area contributed by atoms with Gasteiger partial charge in [-0.15, -0.1) is 0 Å². The second-order valence-electron chi connectivity index (χ2n) is 8.12. The minimum Gasteiger partial charge on any atom is -0.444 e. The van der Waals surface area contributed by atoms with E-state index in [2.05, 4.69) is 4.98 Å². The van der Waals surface area contributed by atoms with Crippen molar-refractivity contribution in [3.63, 3.8) is 0 Å². The molecule has 152 valence electrons. The van der Waals surface area contributed by atoms with E-state index in [1.165, 1.54) is 6.07 Å². The molecule has 3 rings (SSSR count). The third-order valence-electron chi connectivity index (χ3n) is 4.54. The maximum absolute atomic E-state index is 14.2. The number of amides is 2. The summed E-state index contributed by atoms with van der Waals surface area (Å²) in [6.45, 7) is 10.1. The number of nitrogens with zero attached hydrogens (tertiary/aromatic N) is 3. The van der Waals surface area contributed by atoms with E-state index in [4.69, 9.17) is 14.9 Å². The molecule has 28 heavy (non-hydrogen) atoms. The summed E-state index contributed by atoms with van der Waals surface area (Å²) in [5, 5.41) is 0. The number of rotatable bonds is 2. The summed E-state index contributed by atoms with van der Waals surface area (Å²) in [5.74, 6) is -1.33. The lowest BCUT2D eigenvalue weighted by atomic mass is 10.1. The Morgan fingerprint density at radius 1 is 1.25 bits per heavy atom. The number of fused-ring (bicyclic) bond motifs is 1. The van der Waals surface area contributed by atoms with Crippen molar-refractivity contribution in [3.8, 4) is 0 Å². The van der Waals surface area contributed by atoms with Crippen molar-refractivity contribution < 1.29 is 23.1 Å². The Morgan fingerprint density at radius 3 is 2.39 bits per heavy atom. The van der Waals surface area contributed by atoms with E-state index in [-0.39, 0.29) is 40.9 Å². The van der Waals surface area contributed by atoms with Crippen molar-refractivity contribution in [1.82, 2.24) is 9.88 Å². The highest BCUT2D eigenvalue weighted by Crippen LogP contribution is 2.31. The van der Waals surface area contributed by atoms with Crippen LogP contribution in [0.3, 0.4) is 0 Å². The predicted molar refractivity (Wildman–Crippen MR) is 102 cm³/mol. The van der Waals surface area contributed by atoms with Gasteiger partial charge in [0.1, 0.15) is 11.1 Å². The van der Waals surface area contributed by atoms with Crippen molar-refractivity contribution in [2.75, 3.05) is 18.0 Å². The Labute approximate surface area is 162 Å². The zero-order chi connectivity index (χ0) is 20.8. The number of hydrogen-bond donors (Lipinski definition) is 1. The SMILES string of the molecule is C[C@H]1CN(C(=O)OC(C)(C)C)C[C@H](C)N1c1nc2c(C(N)=O)ccc(F)c2o1. The second-order valence-corrected chi connectivity index (χ2v) is 8.12. The molecule has 2 heterocycles. The molecular formula is C19H25FN4O4. The van der Waals surface area contributed by atoms with Crippen molar-refractivity contribution in [2.45, 2.75) is 52.3 Å². The minimum absolute atomic E-state index is 0.0940. The number of nitrogens with two attached hydrogens (primary N) is 1. The Bertz CT molecular complexity index is 909. The molecule has 2 N–H and O–H groups in total. The second kappa shape index (κ2) is 6.96. The molecule has 9 heteroatoms. The number of ether oxygens (including phenoxy) is 1. The van der Waals surface area contributed by atoms with E-state index in [9.17, 15) is 14.0 Å². The van der Waals surface area contributed by atoms with Gasteiger partial charge in [-0.25, -0.2) is 9.18 Å². The Balaban J connectivity index is 1.89. The highest BCUT2D eigenvalue weighted by molar-refractivity contribution is 6.04. The van der Waals surface area contributed by atoms with Crippen LogP contribution in [0.1, 0.15) is 45.0 Å². The third-order valence-corrected chi connectivity index (χ3v) is 4.54. The summed E-state index contributed by atoms with van der Waals surface area (Å²) in [4.78, 5) is 31.8. The number of oxazole rings is 1. The van der Waals surface area contributed by atoms with Crippen LogP contribution in [0.4, 0.5) is 15.2 Å². The van der Waals surface area contributed by atoms with Crippen LogP contribution in [0.25, 0.3) is 11.1 Å². The van der Waals surface area contributed by atoms with Gasteiger partial charge in [0.2, 0.25) is 0 Å². The number of primary amides is 1. The molecule has 1 aromatic heterocycles. The Kier molecular flexibility index (Phi) is 4.95. The smallest absolute Gasteiger partial charge is 0.410 e. The van der Waals surface area contributed by atoms with Crippen LogP contribution in [0, 0.1) is 5.82 Å². The van der Waals surface area contributed by atoms with Gasteiger partial charge >= 0.3 is 6.09 Å². The van der Waals surface area contributed by atoms with Gasteiger partial charge in [-0.1, -0.05) is 0 Å². The first kappa shape index (κ1) is 19.9. The van der Waals surface area contributed by atoms with Crippen LogP contribution in [-0.2, 0) is 4.74 Å². The molecule has 0 bridgehead atoms. The number of halogens is 1. The fourth-order valence-corrected chi connectivity index (χ4v) is 3.45. The van der Waals surface area contributed by atoms with Gasteiger partial charge < -0.3 is 24.7 Å². The summed E-state index contributed by atoms with van der Waals surface area (Å²) >= 11 is 0. The van der Waals surface area contributed by atoms with Crippen LogP contribution in [0.15, 0.2) is 16.5 Å². The van der Waals surface area contributed by atoms with E-state index in [0.717, 1.165) is 6.07 Å². The number of piperazine rings is 1. The number of carbonyl (C=O) groups excluding carboxylic acids is 2. The summed E-state index contributed by atoms with van der Waals surface area (Å²) in [5.41, 5.74) is 4.86. The van der Waals surface area contributed by atoms with Crippen molar-refractivity contribution >= 4 is 29.1 Å². The first-order valence-electron chi connectivity index (χ1n) is 9.13. The fraction of sp³-hybridized carbons (Fsp3) is 0.526. The normalized spacial score (nSPS) is 20.5. The van der Waals surface area contributed by atoms with E-state index in [0.29, 0.717) is 13.1 Å². The minimum atomic E-state index is -0.708. The largest absolute Gasteiger partial charge is 0.444 e. The molecule has 1 aliphatic rings. The number of aromatic nitrogens is 1. The third kappa shape index (κ3) is 3.74. The summed E-state index contributed by atoms with van der Waals surface area (Å²) in [7, 11) is 0. The van der Waals surface area contributed by atoms with Gasteiger partial charge in [-0.05, 0) is 46.8 Å². The van der Waals surface area contributed by atoms with Gasteiger partial charge in [0.25, 0.3) is 11.9 Å². The van der Waals surface area contributed by atoms with Crippen LogP contribution in [0.5, 0.6) is 0 Å². The average Bonchev–Trinajstić information content (AvgIpc) is 2.98. The summed E-state index contributed by atoms with van der Waals surface area (Å²) in [6.07, 6.45) is -0.384. The highest BCUT2D eigenvalue weighted by Gasteiger charge is 2.36. The lowest BCUT2D eigenvalue weighted by Crippen LogP contribution is -2.59. The van der Waals surface area contributed by atoms with Crippen molar-refractivity contribution in [3.05, 3.63) is 23.5 Å². The lowest BCUT2D eigenvalue weighted by Gasteiger charge is -2.43. The number of hydrogen-bond acceptors (Lipinski definition) is 6. The predicted octanol–water partition coefficient (Wildman–Crippen LogP) is 2.90. The summed E-state index contributed by atoms with van der Waals surface area (Å²) < 4.78 is 25.2. The number of anilines is 1. The zero-order valence-electron chi connectivity index (χ0n) is 16.7. The van der Waals surface area contributed by atoms with Gasteiger partial charge in [-0.2, -0.15) is 4.98 Å². The Morgan fingerprint density at radius 2 is 1.86 bits per heavy atom. The zero-order valence-corrected chi connectivity index (χ0v) is 16.7. The topological polar surface area (TPSA) is 102 Å². The van der Waals surface area contributed by atoms with Gasteiger partial charge in [0.05, 0.1) is 5.56 Å². The van der Waals surface area contributed by atoms with E-state index in [1.807, 2.05) is 39.5 Å². The fourth-order valence-electron chi connectivity index (χ4n) is 3.45. The summed E-state index contributed by atoms with van der Waals surface area (Å²) in [6, 6.07) is 2.28. The van der Waals surface area contributed by atoms with Gasteiger partial charge in [0.15, 0.2) is 11.4 Å². The molecule has 2 amide bonds. The molecule has 2 aromatic rings. The molecule has 8 nitrogen and oxygen atoms in total. The van der Waals surface area contributed by atoms with Crippen molar-refractivity contribution in [1.29, 1.82) is 0 Å².